The highest BCUT2D eigenvalue weighted by atomic mass is 16.2. The van der Waals surface area contributed by atoms with E-state index in [0.717, 1.165) is 24.9 Å². The molecule has 5 nitrogen and oxygen atoms in total. The van der Waals surface area contributed by atoms with Gasteiger partial charge in [-0.3, -0.25) is 14.5 Å². The van der Waals surface area contributed by atoms with Crippen LogP contribution >= 0.6 is 0 Å². The number of likely N-dealkylation sites (tertiary alicyclic amines) is 1. The quantitative estimate of drug-likeness (QED) is 0.789. The van der Waals surface area contributed by atoms with Crippen molar-refractivity contribution in [2.24, 2.45) is 5.92 Å². The Morgan fingerprint density at radius 2 is 1.97 bits per heavy atom. The molecule has 2 aromatic rings. The summed E-state index contributed by atoms with van der Waals surface area (Å²) >= 11 is 0. The van der Waals surface area contributed by atoms with Crippen LogP contribution in [-0.2, 0) is 17.8 Å². The van der Waals surface area contributed by atoms with Crippen molar-refractivity contribution in [2.75, 3.05) is 19.6 Å². The lowest BCUT2D eigenvalue weighted by molar-refractivity contribution is -0.126. The number of nitrogens with one attached hydrogen (secondary N) is 2. The van der Waals surface area contributed by atoms with Crippen molar-refractivity contribution in [2.45, 2.75) is 24.9 Å². The van der Waals surface area contributed by atoms with E-state index in [2.05, 4.69) is 33.6 Å². The van der Waals surface area contributed by atoms with Gasteiger partial charge >= 0.3 is 0 Å². The van der Waals surface area contributed by atoms with Crippen LogP contribution in [0.15, 0.2) is 54.6 Å². The maximum Gasteiger partial charge on any atom is 0.252 e. The Bertz CT molecular complexity index is 950. The highest BCUT2D eigenvalue weighted by Gasteiger charge is 2.51. The summed E-state index contributed by atoms with van der Waals surface area (Å²) in [5, 5.41) is 6.07. The molecule has 0 unspecified atom stereocenters. The van der Waals surface area contributed by atoms with Crippen LogP contribution < -0.4 is 10.6 Å². The number of aryl methyl sites for hydroxylation is 1. The molecule has 0 bridgehead atoms. The first-order valence-corrected chi connectivity index (χ1v) is 9.99. The largest absolute Gasteiger partial charge is 0.345 e. The second-order valence-corrected chi connectivity index (χ2v) is 7.90. The van der Waals surface area contributed by atoms with E-state index in [0.29, 0.717) is 18.7 Å². The van der Waals surface area contributed by atoms with E-state index in [4.69, 9.17) is 6.42 Å². The van der Waals surface area contributed by atoms with Crippen LogP contribution in [0.5, 0.6) is 0 Å². The fourth-order valence-corrected chi connectivity index (χ4v) is 4.62. The molecular weight excluding hydrogens is 362 g/mol. The first-order chi connectivity index (χ1) is 14.1. The van der Waals surface area contributed by atoms with Gasteiger partial charge in [0.2, 0.25) is 5.91 Å². The zero-order chi connectivity index (χ0) is 20.3. The summed E-state index contributed by atoms with van der Waals surface area (Å²) in [7, 11) is 0. The first-order valence-electron chi connectivity index (χ1n) is 9.99. The monoisotopic (exact) mass is 387 g/mol. The molecule has 0 aliphatic carbocycles. The van der Waals surface area contributed by atoms with Crippen LogP contribution in [0.25, 0.3) is 0 Å². The predicted octanol–water partition coefficient (Wildman–Crippen LogP) is 1.98. The number of hydrogen-bond acceptors (Lipinski definition) is 3. The highest BCUT2D eigenvalue weighted by Crippen LogP contribution is 2.36. The van der Waals surface area contributed by atoms with Crippen LogP contribution in [0.2, 0.25) is 0 Å². The number of hydrogen-bond donors (Lipinski definition) is 2. The highest BCUT2D eigenvalue weighted by molar-refractivity contribution is 5.97. The van der Waals surface area contributed by atoms with E-state index < -0.39 is 5.54 Å². The van der Waals surface area contributed by atoms with Crippen LogP contribution in [0.4, 0.5) is 0 Å². The lowest BCUT2D eigenvalue weighted by atomic mass is 9.82. The Labute approximate surface area is 171 Å². The van der Waals surface area contributed by atoms with Gasteiger partial charge in [-0.25, -0.2) is 0 Å². The minimum absolute atomic E-state index is 0.0928. The molecule has 2 aliphatic rings. The average Bonchev–Trinajstić information content (AvgIpc) is 3.01. The van der Waals surface area contributed by atoms with Crippen LogP contribution in [0.1, 0.15) is 27.9 Å². The van der Waals surface area contributed by atoms with Gasteiger partial charge in [0.25, 0.3) is 5.91 Å². The smallest absolute Gasteiger partial charge is 0.252 e. The van der Waals surface area contributed by atoms with E-state index in [9.17, 15) is 9.59 Å². The molecule has 5 heteroatoms. The molecule has 2 aromatic carbocycles. The van der Waals surface area contributed by atoms with Gasteiger partial charge in [0.1, 0.15) is 0 Å². The lowest BCUT2D eigenvalue weighted by Crippen LogP contribution is -2.57. The number of carbonyl (C=O) groups excluding carboxylic acids is 2. The predicted molar refractivity (Wildman–Crippen MR) is 112 cm³/mol. The topological polar surface area (TPSA) is 61.4 Å². The van der Waals surface area contributed by atoms with Crippen molar-refractivity contribution in [1.29, 1.82) is 0 Å². The van der Waals surface area contributed by atoms with Gasteiger partial charge in [-0.2, -0.15) is 0 Å². The fraction of sp³-hybridized carbons (Fsp3) is 0.333. The number of terminal acetylenes is 1. The Morgan fingerprint density at radius 1 is 1.21 bits per heavy atom. The minimum atomic E-state index is -0.608. The summed E-state index contributed by atoms with van der Waals surface area (Å²) in [6, 6.07) is 17.9. The maximum absolute atomic E-state index is 13.0. The fourth-order valence-electron chi connectivity index (χ4n) is 4.62. The van der Waals surface area contributed by atoms with Crippen molar-refractivity contribution in [1.82, 2.24) is 15.5 Å². The van der Waals surface area contributed by atoms with Crippen molar-refractivity contribution < 1.29 is 9.59 Å². The molecule has 4 rings (SSSR count). The summed E-state index contributed by atoms with van der Waals surface area (Å²) in [5.41, 5.74) is 2.32. The zero-order valence-electron chi connectivity index (χ0n) is 16.4. The van der Waals surface area contributed by atoms with Crippen molar-refractivity contribution in [3.63, 3.8) is 0 Å². The average molecular weight is 387 g/mol. The molecule has 2 heterocycles. The molecule has 0 aromatic heterocycles. The number of rotatable bonds is 4. The lowest BCUT2D eigenvalue weighted by Gasteiger charge is -2.34. The van der Waals surface area contributed by atoms with E-state index in [1.165, 1.54) is 5.56 Å². The second-order valence-electron chi connectivity index (χ2n) is 7.90. The Kier molecular flexibility index (Phi) is 5.37. The summed E-state index contributed by atoms with van der Waals surface area (Å²) in [6.45, 7) is 2.15. The van der Waals surface area contributed by atoms with Crippen molar-refractivity contribution in [3.05, 3.63) is 71.3 Å². The first kappa shape index (κ1) is 19.2. The number of benzene rings is 2. The van der Waals surface area contributed by atoms with Crippen LogP contribution in [0.3, 0.4) is 0 Å². The molecule has 0 radical (unpaired) electrons. The Balaban J connectivity index is 1.62. The summed E-state index contributed by atoms with van der Waals surface area (Å²) < 4.78 is 0. The van der Waals surface area contributed by atoms with Gasteiger partial charge < -0.3 is 10.6 Å². The number of fused-ring (bicyclic) bond motifs is 1. The molecular formula is C24H25N3O2. The van der Waals surface area contributed by atoms with Crippen molar-refractivity contribution >= 4 is 11.8 Å². The van der Waals surface area contributed by atoms with E-state index in [1.54, 1.807) is 0 Å². The van der Waals surface area contributed by atoms with Crippen LogP contribution in [-0.4, -0.2) is 41.9 Å². The normalized spacial score (nSPS) is 23.7. The van der Waals surface area contributed by atoms with E-state index in [1.807, 2.05) is 42.5 Å². The van der Waals surface area contributed by atoms with E-state index in [-0.39, 0.29) is 24.3 Å². The summed E-state index contributed by atoms with van der Waals surface area (Å²) in [6.07, 6.45) is 6.81. The second kappa shape index (κ2) is 8.10. The molecule has 2 atom stereocenters. The van der Waals surface area contributed by atoms with Gasteiger partial charge in [0.05, 0.1) is 18.0 Å². The standard InChI is InChI=1S/C24H25N3O2/c1-2-14-25-23(29)21-16-27(15-18-8-4-3-5-9-18)17-24(21)13-12-19-10-6-7-11-20(19)22(28)26-24/h1,3-11,21H,12-17H2,(H,25,29)(H,26,28)/t21-,24+/m0/s1. The van der Waals surface area contributed by atoms with Gasteiger partial charge in [-0.05, 0) is 30.0 Å². The zero-order valence-corrected chi connectivity index (χ0v) is 16.4. The summed E-state index contributed by atoms with van der Waals surface area (Å²) in [5.74, 6) is 1.92. The SMILES string of the molecule is C#CCNC(=O)[C@@H]1CN(Cc2ccccc2)C[C@]12CCc1ccccc1C(=O)N2. The van der Waals surface area contributed by atoms with E-state index >= 15 is 0 Å². The van der Waals surface area contributed by atoms with Gasteiger partial charge in [-0.1, -0.05) is 54.5 Å². The molecule has 29 heavy (non-hydrogen) atoms. The van der Waals surface area contributed by atoms with Crippen molar-refractivity contribution in [3.8, 4) is 12.3 Å². The van der Waals surface area contributed by atoms with Gasteiger partial charge in [0.15, 0.2) is 0 Å². The molecule has 148 valence electrons. The summed E-state index contributed by atoms with van der Waals surface area (Å²) in [4.78, 5) is 28.3. The maximum atomic E-state index is 13.0. The number of nitrogens with zero attached hydrogens (tertiary/aromatic N) is 1. The van der Waals surface area contributed by atoms with Gasteiger partial charge in [-0.15, -0.1) is 6.42 Å². The van der Waals surface area contributed by atoms with Gasteiger partial charge in [0, 0.05) is 25.2 Å². The molecule has 0 saturated carbocycles. The third-order valence-corrected chi connectivity index (χ3v) is 6.01. The molecule has 2 amide bonds. The Hall–Kier alpha value is -3.10. The molecule has 2 aliphatic heterocycles. The molecule has 1 saturated heterocycles. The number of amides is 2. The molecule has 1 spiro atoms. The van der Waals surface area contributed by atoms with Crippen LogP contribution in [0, 0.1) is 18.3 Å². The Morgan fingerprint density at radius 3 is 2.76 bits per heavy atom. The molecule has 1 fully saturated rings. The molecule has 2 N–H and O–H groups in total. The third kappa shape index (κ3) is 3.90. The minimum Gasteiger partial charge on any atom is -0.345 e. The third-order valence-electron chi connectivity index (χ3n) is 6.01. The number of carbonyl (C=O) groups is 2.